The fourth-order valence-corrected chi connectivity index (χ4v) is 5.39. The Morgan fingerprint density at radius 2 is 1.46 bits per heavy atom. The van der Waals surface area contributed by atoms with Crippen molar-refractivity contribution in [2.24, 2.45) is 17.8 Å². The lowest BCUT2D eigenvalue weighted by Crippen LogP contribution is -2.25. The predicted molar refractivity (Wildman–Crippen MR) is 103 cm³/mol. The van der Waals surface area contributed by atoms with E-state index in [1.807, 2.05) is 0 Å². The molecule has 1 nitrogen and oxygen atoms in total. The molecule has 0 bridgehead atoms. The zero-order valence-electron chi connectivity index (χ0n) is 17.0. The monoisotopic (exact) mass is 400 g/mol. The van der Waals surface area contributed by atoms with Gasteiger partial charge in [0.15, 0.2) is 11.6 Å². The second-order valence-electron chi connectivity index (χ2n) is 8.87. The summed E-state index contributed by atoms with van der Waals surface area (Å²) >= 11 is 0. The van der Waals surface area contributed by atoms with Crippen molar-refractivity contribution in [1.29, 1.82) is 0 Å². The molecule has 0 saturated heterocycles. The Hall–Kier alpha value is -1.26. The van der Waals surface area contributed by atoms with E-state index in [0.29, 0.717) is 18.4 Å². The van der Waals surface area contributed by atoms with Gasteiger partial charge in [0.2, 0.25) is 5.82 Å². The first kappa shape index (κ1) is 21.4. The van der Waals surface area contributed by atoms with Crippen LogP contribution in [0.15, 0.2) is 12.1 Å². The second-order valence-corrected chi connectivity index (χ2v) is 8.87. The number of hydrogen-bond donors (Lipinski definition) is 0. The lowest BCUT2D eigenvalue weighted by molar-refractivity contribution is -0.160. The maximum absolute atomic E-state index is 14.5. The van der Waals surface area contributed by atoms with Crippen molar-refractivity contribution in [1.82, 2.24) is 0 Å². The van der Waals surface area contributed by atoms with Crippen molar-refractivity contribution >= 4 is 0 Å². The maximum Gasteiger partial charge on any atom is 0.395 e. The van der Waals surface area contributed by atoms with Crippen molar-refractivity contribution in [3.05, 3.63) is 29.3 Å². The first-order valence-electron chi connectivity index (χ1n) is 10.8. The van der Waals surface area contributed by atoms with E-state index in [1.54, 1.807) is 0 Å². The first-order chi connectivity index (χ1) is 13.3. The molecule has 1 aromatic carbocycles. The molecule has 2 saturated carbocycles. The van der Waals surface area contributed by atoms with Crippen LogP contribution in [0.1, 0.15) is 89.5 Å². The molecule has 0 amide bonds. The van der Waals surface area contributed by atoms with Gasteiger partial charge in [0.25, 0.3) is 0 Å². The molecule has 2 fully saturated rings. The Labute approximate surface area is 165 Å². The topological polar surface area (TPSA) is 9.23 Å². The van der Waals surface area contributed by atoms with E-state index < -0.39 is 23.5 Å². The maximum atomic E-state index is 14.5. The normalized spacial score (nSPS) is 28.9. The Kier molecular flexibility index (Phi) is 6.93. The molecule has 0 unspecified atom stereocenters. The van der Waals surface area contributed by atoms with Crippen LogP contribution in [0.25, 0.3) is 0 Å². The van der Waals surface area contributed by atoms with Crippen LogP contribution in [-0.2, 0) is 0 Å². The SMILES string of the molecule is CCCC1CCC(C2CCC(c3ccc(OC(C)(F)F)c(F)c3F)CC2)CC1. The summed E-state index contributed by atoms with van der Waals surface area (Å²) in [5, 5.41) is 0. The lowest BCUT2D eigenvalue weighted by atomic mass is 9.68. The number of rotatable bonds is 6. The highest BCUT2D eigenvalue weighted by Crippen LogP contribution is 2.45. The molecular weight excluding hydrogens is 368 g/mol. The van der Waals surface area contributed by atoms with Gasteiger partial charge in [-0.15, -0.1) is 0 Å². The number of hydrogen-bond acceptors (Lipinski definition) is 1. The van der Waals surface area contributed by atoms with Crippen LogP contribution in [-0.4, -0.2) is 6.11 Å². The molecule has 5 heteroatoms. The van der Waals surface area contributed by atoms with Gasteiger partial charge in [0.05, 0.1) is 0 Å². The molecule has 1 aromatic rings. The summed E-state index contributed by atoms with van der Waals surface area (Å²) in [6.07, 6.45) is 8.10. The fourth-order valence-electron chi connectivity index (χ4n) is 5.39. The van der Waals surface area contributed by atoms with Crippen molar-refractivity contribution in [2.45, 2.75) is 90.1 Å². The van der Waals surface area contributed by atoms with E-state index in [2.05, 4.69) is 11.7 Å². The third-order valence-electron chi connectivity index (χ3n) is 6.83. The Morgan fingerprint density at radius 1 is 0.893 bits per heavy atom. The summed E-state index contributed by atoms with van der Waals surface area (Å²) < 4.78 is 58.8. The lowest BCUT2D eigenvalue weighted by Gasteiger charge is -2.38. The molecular formula is C23H32F4O. The zero-order chi connectivity index (χ0) is 20.3. The van der Waals surface area contributed by atoms with Crippen LogP contribution in [0, 0.1) is 29.4 Å². The van der Waals surface area contributed by atoms with Crippen LogP contribution in [0.3, 0.4) is 0 Å². The van der Waals surface area contributed by atoms with Crippen LogP contribution in [0.4, 0.5) is 17.6 Å². The molecule has 2 aliphatic carbocycles. The summed E-state index contributed by atoms with van der Waals surface area (Å²) in [5.41, 5.74) is 0.300. The average Bonchev–Trinajstić information content (AvgIpc) is 2.66. The van der Waals surface area contributed by atoms with E-state index in [9.17, 15) is 17.6 Å². The minimum atomic E-state index is -3.54. The molecule has 0 heterocycles. The summed E-state index contributed by atoms with van der Waals surface area (Å²) in [6, 6.07) is 2.55. The molecule has 0 N–H and O–H groups in total. The molecule has 0 atom stereocenters. The van der Waals surface area contributed by atoms with Gasteiger partial charge in [-0.1, -0.05) is 38.7 Å². The molecule has 3 rings (SSSR count). The predicted octanol–water partition coefficient (Wildman–Crippen LogP) is 7.84. The highest BCUT2D eigenvalue weighted by atomic mass is 19.3. The summed E-state index contributed by atoms with van der Waals surface area (Å²) in [6.45, 7) is 2.76. The summed E-state index contributed by atoms with van der Waals surface area (Å²) in [4.78, 5) is 0. The zero-order valence-corrected chi connectivity index (χ0v) is 17.0. The molecule has 0 aromatic heterocycles. The molecule has 0 aliphatic heterocycles. The number of benzene rings is 1. The van der Waals surface area contributed by atoms with Gasteiger partial charge in [0, 0.05) is 6.92 Å². The van der Waals surface area contributed by atoms with Crippen LogP contribution < -0.4 is 4.74 Å². The van der Waals surface area contributed by atoms with E-state index in [-0.39, 0.29) is 5.92 Å². The van der Waals surface area contributed by atoms with Crippen molar-refractivity contribution < 1.29 is 22.3 Å². The average molecular weight is 401 g/mol. The molecule has 158 valence electrons. The van der Waals surface area contributed by atoms with Crippen LogP contribution in [0.2, 0.25) is 0 Å². The van der Waals surface area contributed by atoms with Crippen molar-refractivity contribution in [2.75, 3.05) is 0 Å². The molecule has 2 aliphatic rings. The number of alkyl halides is 2. The number of halogens is 4. The molecule has 0 spiro atoms. The van der Waals surface area contributed by atoms with Gasteiger partial charge >= 0.3 is 6.11 Å². The Bertz CT molecular complexity index is 639. The van der Waals surface area contributed by atoms with Gasteiger partial charge in [0.1, 0.15) is 0 Å². The van der Waals surface area contributed by atoms with E-state index in [4.69, 9.17) is 0 Å². The minimum Gasteiger partial charge on any atom is -0.430 e. The van der Waals surface area contributed by atoms with Crippen molar-refractivity contribution in [3.63, 3.8) is 0 Å². The smallest absolute Gasteiger partial charge is 0.395 e. The molecule has 0 radical (unpaired) electrons. The van der Waals surface area contributed by atoms with E-state index >= 15 is 0 Å². The number of ether oxygens (including phenoxy) is 1. The Balaban J connectivity index is 1.57. The third-order valence-corrected chi connectivity index (χ3v) is 6.83. The van der Waals surface area contributed by atoms with Gasteiger partial charge < -0.3 is 4.74 Å². The first-order valence-corrected chi connectivity index (χ1v) is 10.8. The van der Waals surface area contributed by atoms with Crippen molar-refractivity contribution in [3.8, 4) is 5.75 Å². The highest BCUT2D eigenvalue weighted by molar-refractivity contribution is 5.33. The van der Waals surface area contributed by atoms with Gasteiger partial charge in [-0.25, -0.2) is 4.39 Å². The third kappa shape index (κ3) is 5.21. The fraction of sp³-hybridized carbons (Fsp3) is 0.739. The van der Waals surface area contributed by atoms with E-state index in [0.717, 1.165) is 43.6 Å². The van der Waals surface area contributed by atoms with Gasteiger partial charge in [-0.05, 0) is 73.8 Å². The van der Waals surface area contributed by atoms with Gasteiger partial charge in [-0.3, -0.25) is 0 Å². The largest absolute Gasteiger partial charge is 0.430 e. The quantitative estimate of drug-likeness (QED) is 0.442. The van der Waals surface area contributed by atoms with E-state index in [1.165, 1.54) is 44.6 Å². The summed E-state index contributed by atoms with van der Waals surface area (Å²) in [5.74, 6) is -0.762. The second kappa shape index (κ2) is 9.04. The standard InChI is InChI=1S/C23H32F4O/c1-3-4-15-5-7-16(8-6-15)17-9-11-18(12-10-17)19-13-14-20(22(25)21(19)24)28-23(2,26)27/h13-18H,3-12H2,1-2H3. The summed E-state index contributed by atoms with van der Waals surface area (Å²) in [7, 11) is 0. The van der Waals surface area contributed by atoms with Crippen LogP contribution >= 0.6 is 0 Å². The Morgan fingerprint density at radius 3 is 2.00 bits per heavy atom. The highest BCUT2D eigenvalue weighted by Gasteiger charge is 2.33. The molecule has 28 heavy (non-hydrogen) atoms. The minimum absolute atomic E-state index is 0.0432. The van der Waals surface area contributed by atoms with Gasteiger partial charge in [-0.2, -0.15) is 13.2 Å². The van der Waals surface area contributed by atoms with Crippen LogP contribution in [0.5, 0.6) is 5.75 Å².